The molecule has 0 amide bonds. The number of hydrogen-bond acceptors (Lipinski definition) is 8. The molecule has 2 aliphatic rings. The van der Waals surface area contributed by atoms with E-state index in [-0.39, 0.29) is 12.1 Å². The molecule has 0 fully saturated rings. The summed E-state index contributed by atoms with van der Waals surface area (Å²) < 4.78 is 11.0. The van der Waals surface area contributed by atoms with Gasteiger partial charge in [0.25, 0.3) is 0 Å². The minimum absolute atomic E-state index is 0.00982. The molecule has 2 atom stereocenters. The second kappa shape index (κ2) is 10.1. The third kappa shape index (κ3) is 5.81. The molecule has 0 bridgehead atoms. The Morgan fingerprint density at radius 2 is 1.62 bits per heavy atom. The van der Waals surface area contributed by atoms with Crippen LogP contribution in [0.3, 0.4) is 0 Å². The van der Waals surface area contributed by atoms with Gasteiger partial charge in [0.15, 0.2) is 6.54 Å². The lowest BCUT2D eigenvalue weighted by Crippen LogP contribution is -2.29. The van der Waals surface area contributed by atoms with Crippen molar-refractivity contribution in [2.24, 2.45) is 20.0 Å². The average Bonchev–Trinajstić information content (AvgIpc) is 2.57. The van der Waals surface area contributed by atoms with Crippen LogP contribution >= 0.6 is 21.6 Å². The summed E-state index contributed by atoms with van der Waals surface area (Å²) in [5.74, 6) is 3.00. The Balaban J connectivity index is 1.79. The Hall–Kier alpha value is -1.02. The van der Waals surface area contributed by atoms with Gasteiger partial charge in [-0.15, -0.1) is 0 Å². The molecule has 6 nitrogen and oxygen atoms in total. The van der Waals surface area contributed by atoms with Gasteiger partial charge < -0.3 is 9.47 Å². The minimum atomic E-state index is -0.00982. The summed E-state index contributed by atoms with van der Waals surface area (Å²) in [6.07, 6.45) is 0. The third-order valence-corrected chi connectivity index (χ3v) is 5.67. The molecule has 2 heterocycles. The fourth-order valence-corrected chi connectivity index (χ4v) is 4.43. The largest absolute Gasteiger partial charge is 0.480 e. The number of rotatable bonds is 7. The van der Waals surface area contributed by atoms with Gasteiger partial charge in [0.2, 0.25) is 11.8 Å². The predicted octanol–water partition coefficient (Wildman–Crippen LogP) is 3.25. The highest BCUT2D eigenvalue weighted by atomic mass is 33.1. The van der Waals surface area contributed by atoms with Gasteiger partial charge in [0.1, 0.15) is 18.6 Å². The molecule has 0 spiro atoms. The van der Waals surface area contributed by atoms with Crippen LogP contribution in [0, 0.1) is 13.1 Å². The number of ether oxygens (including phenoxy) is 2. The summed E-state index contributed by atoms with van der Waals surface area (Å²) in [6, 6.07) is 0.0587. The average molecular weight is 369 g/mol. The van der Waals surface area contributed by atoms with E-state index in [1.54, 1.807) is 34.7 Å². The molecular formula is C16H24N4O2S2. The molecule has 2 radical (unpaired) electrons. The second-order valence-electron chi connectivity index (χ2n) is 5.20. The standard InChI is InChI=1S/C16H24N4O2S2/c1-5-21-15-8-17-12(4)13(20-15)9-23-24-10-14-16(22-6-2)18-7-11(3)19-14/h7-8,13-14H,5-6,9-10H2,1-4H3/t13-,14+/m1/s1. The highest BCUT2D eigenvalue weighted by Crippen LogP contribution is 2.27. The maximum Gasteiger partial charge on any atom is 0.212 e. The number of nitrogens with zero attached hydrogens (tertiary/aromatic N) is 4. The summed E-state index contributed by atoms with van der Waals surface area (Å²) in [5, 5.41) is 0. The smallest absolute Gasteiger partial charge is 0.212 e. The summed E-state index contributed by atoms with van der Waals surface area (Å²) in [5.41, 5.74) is 1.95. The lowest BCUT2D eigenvalue weighted by Gasteiger charge is -2.20. The van der Waals surface area contributed by atoms with E-state index >= 15 is 0 Å². The summed E-state index contributed by atoms with van der Waals surface area (Å²) >= 11 is 0. The molecule has 0 saturated heterocycles. The van der Waals surface area contributed by atoms with Crippen molar-refractivity contribution in [2.45, 2.75) is 39.8 Å². The maximum atomic E-state index is 5.58. The van der Waals surface area contributed by atoms with Gasteiger partial charge in [-0.25, -0.2) is 9.98 Å². The van der Waals surface area contributed by atoms with Crippen molar-refractivity contribution < 1.29 is 9.47 Å². The van der Waals surface area contributed by atoms with Crippen LogP contribution in [-0.2, 0) is 9.47 Å². The van der Waals surface area contributed by atoms with Crippen LogP contribution in [0.15, 0.2) is 20.0 Å². The topological polar surface area (TPSA) is 67.9 Å². The molecule has 2 aliphatic heterocycles. The minimum Gasteiger partial charge on any atom is -0.480 e. The van der Waals surface area contributed by atoms with Gasteiger partial charge in [-0.1, -0.05) is 21.6 Å². The fraction of sp³-hybridized carbons (Fsp3) is 0.625. The second-order valence-corrected chi connectivity index (χ2v) is 7.75. The molecule has 0 aliphatic carbocycles. The third-order valence-electron chi connectivity index (χ3n) is 3.29. The Bertz CT molecular complexity index is 546. The van der Waals surface area contributed by atoms with E-state index in [1.165, 1.54) is 0 Å². The lowest BCUT2D eigenvalue weighted by atomic mass is 10.2. The molecule has 8 heteroatoms. The molecule has 0 saturated carbocycles. The first-order chi connectivity index (χ1) is 11.6. The van der Waals surface area contributed by atoms with Crippen LogP contribution in [0.4, 0.5) is 0 Å². The first-order valence-electron chi connectivity index (χ1n) is 8.04. The van der Waals surface area contributed by atoms with Crippen LogP contribution in [0.2, 0.25) is 0 Å². The van der Waals surface area contributed by atoms with Gasteiger partial charge in [-0.2, -0.15) is 0 Å². The normalized spacial score (nSPS) is 23.8. The van der Waals surface area contributed by atoms with Crippen LogP contribution < -0.4 is 0 Å². The summed E-state index contributed by atoms with van der Waals surface area (Å²) in [6.45, 7) is 12.5. The van der Waals surface area contributed by atoms with Crippen molar-refractivity contribution >= 4 is 44.8 Å². The Kier molecular flexibility index (Phi) is 8.11. The Morgan fingerprint density at radius 1 is 0.917 bits per heavy atom. The Labute approximate surface area is 152 Å². The van der Waals surface area contributed by atoms with Gasteiger partial charge in [-0.3, -0.25) is 9.98 Å². The molecule has 24 heavy (non-hydrogen) atoms. The van der Waals surface area contributed by atoms with Crippen LogP contribution in [0.25, 0.3) is 0 Å². The van der Waals surface area contributed by atoms with Crippen molar-refractivity contribution in [2.75, 3.05) is 24.7 Å². The van der Waals surface area contributed by atoms with Gasteiger partial charge in [0.05, 0.1) is 13.2 Å². The molecule has 0 aromatic heterocycles. The van der Waals surface area contributed by atoms with Crippen molar-refractivity contribution in [3.63, 3.8) is 0 Å². The van der Waals surface area contributed by atoms with Gasteiger partial charge in [-0.05, 0) is 27.7 Å². The van der Waals surface area contributed by atoms with Crippen molar-refractivity contribution in [3.05, 3.63) is 13.1 Å². The van der Waals surface area contributed by atoms with Crippen LogP contribution in [-0.4, -0.2) is 60.0 Å². The van der Waals surface area contributed by atoms with Crippen molar-refractivity contribution in [1.29, 1.82) is 0 Å². The fourth-order valence-electron chi connectivity index (χ4n) is 2.10. The zero-order chi connectivity index (χ0) is 17.4. The monoisotopic (exact) mass is 368 g/mol. The van der Waals surface area contributed by atoms with E-state index < -0.39 is 0 Å². The summed E-state index contributed by atoms with van der Waals surface area (Å²) in [7, 11) is 3.53. The molecule has 0 aromatic rings. The molecule has 2 rings (SSSR count). The van der Waals surface area contributed by atoms with Crippen molar-refractivity contribution in [3.8, 4) is 0 Å². The van der Waals surface area contributed by atoms with E-state index in [0.29, 0.717) is 25.0 Å². The number of aliphatic imine (C=N–C) groups is 4. The van der Waals surface area contributed by atoms with Crippen LogP contribution in [0.5, 0.6) is 0 Å². The quantitative estimate of drug-likeness (QED) is 0.511. The molecular weight excluding hydrogens is 344 g/mol. The maximum absolute atomic E-state index is 5.58. The van der Waals surface area contributed by atoms with E-state index in [1.807, 2.05) is 27.7 Å². The Morgan fingerprint density at radius 3 is 2.33 bits per heavy atom. The van der Waals surface area contributed by atoms with Crippen LogP contribution in [0.1, 0.15) is 27.7 Å². The first-order valence-corrected chi connectivity index (χ1v) is 10.5. The first kappa shape index (κ1) is 19.3. The highest BCUT2D eigenvalue weighted by molar-refractivity contribution is 8.76. The van der Waals surface area contributed by atoms with E-state index in [2.05, 4.69) is 20.0 Å². The highest BCUT2D eigenvalue weighted by Gasteiger charge is 2.22. The predicted molar refractivity (Wildman–Crippen MR) is 105 cm³/mol. The van der Waals surface area contributed by atoms with E-state index in [9.17, 15) is 0 Å². The molecule has 0 N–H and O–H groups in total. The lowest BCUT2D eigenvalue weighted by molar-refractivity contribution is 0.313. The molecule has 132 valence electrons. The van der Waals surface area contributed by atoms with E-state index in [0.717, 1.165) is 22.9 Å². The van der Waals surface area contributed by atoms with E-state index in [4.69, 9.17) is 9.47 Å². The SMILES string of the molecule is CCOC1=N[C@H](CSSC[C@@H]2N=C(C)[CH]N=C2OCC)C(C)=N[CH]1. The van der Waals surface area contributed by atoms with Crippen molar-refractivity contribution in [1.82, 2.24) is 0 Å². The molecule has 0 unspecified atom stereocenters. The van der Waals surface area contributed by atoms with Gasteiger partial charge in [0, 0.05) is 22.9 Å². The zero-order valence-electron chi connectivity index (χ0n) is 14.6. The summed E-state index contributed by atoms with van der Waals surface area (Å²) in [4.78, 5) is 17.9. The van der Waals surface area contributed by atoms with Gasteiger partial charge >= 0.3 is 0 Å². The molecule has 0 aromatic carbocycles. The number of hydrogen-bond donors (Lipinski definition) is 0. The zero-order valence-corrected chi connectivity index (χ0v) is 16.2.